The minimum absolute atomic E-state index is 0.0474. The third-order valence-corrected chi connectivity index (χ3v) is 3.41. The average molecular weight is 197 g/mol. The molecule has 0 aliphatic carbocycles. The van der Waals surface area contributed by atoms with Crippen LogP contribution >= 0.6 is 0 Å². The molecule has 0 aromatic carbocycles. The van der Waals surface area contributed by atoms with Crippen molar-refractivity contribution in [3.63, 3.8) is 0 Å². The van der Waals surface area contributed by atoms with Crippen molar-refractivity contribution in [3.05, 3.63) is 0 Å². The molecule has 2 heterocycles. The van der Waals surface area contributed by atoms with E-state index in [1.807, 2.05) is 18.9 Å². The summed E-state index contributed by atoms with van der Waals surface area (Å²) < 4.78 is 0. The van der Waals surface area contributed by atoms with Crippen LogP contribution in [0, 0.1) is 0 Å². The smallest absolute Gasteiger partial charge is 0.240 e. The van der Waals surface area contributed by atoms with Crippen molar-refractivity contribution in [2.75, 3.05) is 26.7 Å². The van der Waals surface area contributed by atoms with Crippen LogP contribution in [0.3, 0.4) is 0 Å². The number of hydrogen-bond acceptors (Lipinski definition) is 3. The molecule has 1 amide bonds. The Kier molecular flexibility index (Phi) is 2.74. The molecule has 2 unspecified atom stereocenters. The largest absolute Gasteiger partial charge is 0.325 e. The van der Waals surface area contributed by atoms with Gasteiger partial charge in [-0.15, -0.1) is 0 Å². The molecule has 0 radical (unpaired) electrons. The SMILES string of the molecule is CC1C(=O)N(C2CCCN2)CCN1C. The molecule has 1 N–H and O–H groups in total. The van der Waals surface area contributed by atoms with Crippen LogP contribution in [0.1, 0.15) is 19.8 Å². The second-order valence-electron chi connectivity index (χ2n) is 4.30. The number of nitrogens with one attached hydrogen (secondary N) is 1. The molecular formula is C10H19N3O. The lowest BCUT2D eigenvalue weighted by molar-refractivity contribution is -0.143. The van der Waals surface area contributed by atoms with E-state index >= 15 is 0 Å². The van der Waals surface area contributed by atoms with Crippen molar-refractivity contribution >= 4 is 5.91 Å². The molecule has 14 heavy (non-hydrogen) atoms. The third kappa shape index (κ3) is 1.64. The van der Waals surface area contributed by atoms with Gasteiger partial charge in [-0.25, -0.2) is 0 Å². The van der Waals surface area contributed by atoms with Gasteiger partial charge in [-0.3, -0.25) is 15.0 Å². The Bertz CT molecular complexity index is 225. The molecule has 0 aromatic rings. The lowest BCUT2D eigenvalue weighted by atomic mass is 10.1. The van der Waals surface area contributed by atoms with Gasteiger partial charge < -0.3 is 4.90 Å². The number of hydrogen-bond donors (Lipinski definition) is 1. The Morgan fingerprint density at radius 3 is 2.86 bits per heavy atom. The van der Waals surface area contributed by atoms with Crippen molar-refractivity contribution in [2.24, 2.45) is 0 Å². The van der Waals surface area contributed by atoms with Crippen LogP contribution in [-0.2, 0) is 4.79 Å². The Hall–Kier alpha value is -0.610. The van der Waals surface area contributed by atoms with E-state index in [4.69, 9.17) is 0 Å². The molecule has 0 spiro atoms. The summed E-state index contributed by atoms with van der Waals surface area (Å²) in [6.07, 6.45) is 2.61. The van der Waals surface area contributed by atoms with Gasteiger partial charge in [0.1, 0.15) is 0 Å². The maximum absolute atomic E-state index is 12.0. The van der Waals surface area contributed by atoms with Crippen LogP contribution < -0.4 is 5.32 Å². The summed E-state index contributed by atoms with van der Waals surface area (Å²) in [6, 6.07) is 0.0474. The highest BCUT2D eigenvalue weighted by molar-refractivity contribution is 5.82. The molecule has 80 valence electrons. The van der Waals surface area contributed by atoms with Gasteiger partial charge in [-0.05, 0) is 33.4 Å². The lowest BCUT2D eigenvalue weighted by Gasteiger charge is -2.40. The van der Waals surface area contributed by atoms with Gasteiger partial charge in [0.25, 0.3) is 0 Å². The summed E-state index contributed by atoms with van der Waals surface area (Å²) in [5.41, 5.74) is 0. The number of carbonyl (C=O) groups excluding carboxylic acids is 1. The Labute approximate surface area is 85.2 Å². The molecule has 4 nitrogen and oxygen atoms in total. The molecule has 4 heteroatoms. The first-order valence-corrected chi connectivity index (χ1v) is 5.44. The fraction of sp³-hybridized carbons (Fsp3) is 0.900. The Morgan fingerprint density at radius 1 is 1.43 bits per heavy atom. The number of nitrogens with zero attached hydrogens (tertiary/aromatic N) is 2. The molecule has 2 aliphatic heterocycles. The fourth-order valence-electron chi connectivity index (χ4n) is 2.24. The van der Waals surface area contributed by atoms with Gasteiger partial charge in [-0.2, -0.15) is 0 Å². The van der Waals surface area contributed by atoms with Gasteiger partial charge in [0.05, 0.1) is 12.2 Å². The summed E-state index contributed by atoms with van der Waals surface area (Å²) in [7, 11) is 2.02. The highest BCUT2D eigenvalue weighted by Gasteiger charge is 2.34. The number of amides is 1. The summed E-state index contributed by atoms with van der Waals surface area (Å²) >= 11 is 0. The van der Waals surface area contributed by atoms with Gasteiger partial charge in [-0.1, -0.05) is 0 Å². The zero-order valence-corrected chi connectivity index (χ0v) is 8.99. The minimum atomic E-state index is 0.0474. The summed E-state index contributed by atoms with van der Waals surface area (Å²) in [6.45, 7) is 4.91. The summed E-state index contributed by atoms with van der Waals surface area (Å²) in [5, 5.41) is 3.38. The van der Waals surface area contributed by atoms with E-state index in [2.05, 4.69) is 10.2 Å². The zero-order chi connectivity index (χ0) is 10.1. The van der Waals surface area contributed by atoms with Crippen LogP contribution in [0.4, 0.5) is 0 Å². The number of carbonyl (C=O) groups is 1. The van der Waals surface area contributed by atoms with Gasteiger partial charge in [0.15, 0.2) is 0 Å². The van der Waals surface area contributed by atoms with Crippen LogP contribution in [0.5, 0.6) is 0 Å². The quantitative estimate of drug-likeness (QED) is 0.635. The molecule has 2 aliphatic rings. The standard InChI is InChI=1S/C10H19N3O/c1-8-10(14)13(7-6-12(8)2)9-4-3-5-11-9/h8-9,11H,3-7H2,1-2H3. The van der Waals surface area contributed by atoms with Crippen LogP contribution in [-0.4, -0.2) is 54.6 Å². The van der Waals surface area contributed by atoms with E-state index in [9.17, 15) is 4.79 Å². The minimum Gasteiger partial charge on any atom is -0.325 e. The molecule has 0 saturated carbocycles. The maximum atomic E-state index is 12.0. The topological polar surface area (TPSA) is 35.6 Å². The summed E-state index contributed by atoms with van der Waals surface area (Å²) in [4.78, 5) is 16.1. The first kappa shape index (κ1) is 9.93. The molecule has 0 aromatic heterocycles. The number of piperazine rings is 1. The second kappa shape index (κ2) is 3.87. The highest BCUT2D eigenvalue weighted by Crippen LogP contribution is 2.16. The average Bonchev–Trinajstić information content (AvgIpc) is 2.67. The van der Waals surface area contributed by atoms with Gasteiger partial charge in [0, 0.05) is 13.1 Å². The lowest BCUT2D eigenvalue weighted by Crippen LogP contribution is -2.59. The second-order valence-corrected chi connectivity index (χ2v) is 4.30. The zero-order valence-electron chi connectivity index (χ0n) is 8.99. The van der Waals surface area contributed by atoms with Crippen molar-refractivity contribution < 1.29 is 4.79 Å². The van der Waals surface area contributed by atoms with Crippen molar-refractivity contribution in [1.82, 2.24) is 15.1 Å². The van der Waals surface area contributed by atoms with E-state index in [0.717, 1.165) is 26.1 Å². The molecule has 2 atom stereocenters. The number of likely N-dealkylation sites (N-methyl/N-ethyl adjacent to an activating group) is 1. The monoisotopic (exact) mass is 197 g/mol. The highest BCUT2D eigenvalue weighted by atomic mass is 16.2. The van der Waals surface area contributed by atoms with Crippen LogP contribution in [0.2, 0.25) is 0 Å². The molecule has 0 bridgehead atoms. The van der Waals surface area contributed by atoms with Crippen molar-refractivity contribution in [1.29, 1.82) is 0 Å². The third-order valence-electron chi connectivity index (χ3n) is 3.41. The predicted molar refractivity (Wildman–Crippen MR) is 54.8 cm³/mol. The van der Waals surface area contributed by atoms with E-state index in [0.29, 0.717) is 6.17 Å². The first-order chi connectivity index (χ1) is 6.70. The van der Waals surface area contributed by atoms with Crippen LogP contribution in [0.15, 0.2) is 0 Å². The number of rotatable bonds is 1. The van der Waals surface area contributed by atoms with Crippen molar-refractivity contribution in [3.8, 4) is 0 Å². The molecule has 2 saturated heterocycles. The molecule has 2 rings (SSSR count). The van der Waals surface area contributed by atoms with Gasteiger partial charge in [0.2, 0.25) is 5.91 Å². The van der Waals surface area contributed by atoms with E-state index in [1.165, 1.54) is 6.42 Å². The Morgan fingerprint density at radius 2 is 2.21 bits per heavy atom. The van der Waals surface area contributed by atoms with Gasteiger partial charge >= 0.3 is 0 Å². The normalized spacial score (nSPS) is 35.3. The Balaban J connectivity index is 2.02. The van der Waals surface area contributed by atoms with Crippen LogP contribution in [0.25, 0.3) is 0 Å². The summed E-state index contributed by atoms with van der Waals surface area (Å²) in [5.74, 6) is 0.276. The van der Waals surface area contributed by atoms with E-state index in [1.54, 1.807) is 0 Å². The maximum Gasteiger partial charge on any atom is 0.240 e. The van der Waals surface area contributed by atoms with E-state index in [-0.39, 0.29) is 11.9 Å². The van der Waals surface area contributed by atoms with Crippen molar-refractivity contribution in [2.45, 2.75) is 32.0 Å². The molecule has 2 fully saturated rings. The first-order valence-electron chi connectivity index (χ1n) is 5.44. The van der Waals surface area contributed by atoms with E-state index < -0.39 is 0 Å². The fourth-order valence-corrected chi connectivity index (χ4v) is 2.24. The predicted octanol–water partition coefficient (Wildman–Crippen LogP) is -0.142. The molecular weight excluding hydrogens is 178 g/mol.